The quantitative estimate of drug-likeness (QED) is 0.177. The van der Waals surface area contributed by atoms with E-state index in [4.69, 9.17) is 18.9 Å². The van der Waals surface area contributed by atoms with Crippen molar-refractivity contribution in [3.8, 4) is 46.0 Å². The Morgan fingerprint density at radius 2 is 0.653 bits per heavy atom. The van der Waals surface area contributed by atoms with E-state index >= 15 is 0 Å². The second kappa shape index (κ2) is 9.95. The molecule has 0 aliphatic carbocycles. The summed E-state index contributed by atoms with van der Waals surface area (Å²) >= 11 is 0. The van der Waals surface area contributed by atoms with Crippen molar-refractivity contribution in [3.05, 3.63) is 152 Å². The van der Waals surface area contributed by atoms with Crippen molar-refractivity contribution < 1.29 is 18.9 Å². The van der Waals surface area contributed by atoms with E-state index in [1.807, 2.05) is 84.9 Å². The summed E-state index contributed by atoms with van der Waals surface area (Å²) in [4.78, 5) is 4.52. The van der Waals surface area contributed by atoms with Gasteiger partial charge in [0, 0.05) is 5.46 Å². The van der Waals surface area contributed by atoms with Gasteiger partial charge in [-0.05, 0) is 77.7 Å². The molecular formula is C42H25BN2O4. The maximum Gasteiger partial charge on any atom is 0.260 e. The molecule has 0 radical (unpaired) electrons. The van der Waals surface area contributed by atoms with Gasteiger partial charge in [0.05, 0.1) is 34.1 Å². The zero-order valence-corrected chi connectivity index (χ0v) is 26.0. The van der Waals surface area contributed by atoms with Crippen LogP contribution in [-0.2, 0) is 0 Å². The second-order valence-electron chi connectivity index (χ2n) is 12.4. The number of ether oxygens (including phenoxy) is 4. The van der Waals surface area contributed by atoms with Crippen molar-refractivity contribution in [1.82, 2.24) is 0 Å². The van der Waals surface area contributed by atoms with Crippen LogP contribution in [0.25, 0.3) is 0 Å². The van der Waals surface area contributed by atoms with Gasteiger partial charge in [-0.3, -0.25) is 9.80 Å². The van der Waals surface area contributed by atoms with Crippen molar-refractivity contribution in [3.63, 3.8) is 0 Å². The number of hydrogen-bond donors (Lipinski definition) is 0. The van der Waals surface area contributed by atoms with Gasteiger partial charge < -0.3 is 18.9 Å². The van der Waals surface area contributed by atoms with Crippen molar-refractivity contribution in [2.75, 3.05) is 9.80 Å². The van der Waals surface area contributed by atoms with Gasteiger partial charge in [-0.15, -0.1) is 0 Å². The monoisotopic (exact) mass is 632 g/mol. The molecule has 49 heavy (non-hydrogen) atoms. The summed E-state index contributed by atoms with van der Waals surface area (Å²) in [5.41, 5.74) is 8.60. The molecule has 4 aliphatic heterocycles. The highest BCUT2D eigenvalue weighted by Gasteiger charge is 2.45. The minimum absolute atomic E-state index is 0.128. The van der Waals surface area contributed by atoms with Gasteiger partial charge in [-0.1, -0.05) is 84.9 Å². The van der Waals surface area contributed by atoms with Gasteiger partial charge in [0.15, 0.2) is 34.5 Å². The van der Waals surface area contributed by atoms with Gasteiger partial charge in [0.2, 0.25) is 0 Å². The van der Waals surface area contributed by atoms with Crippen molar-refractivity contribution >= 4 is 57.2 Å². The van der Waals surface area contributed by atoms with Crippen LogP contribution in [0.1, 0.15) is 0 Å². The van der Waals surface area contributed by atoms with E-state index in [2.05, 4.69) is 76.5 Å². The van der Waals surface area contributed by atoms with Gasteiger partial charge in [-0.25, -0.2) is 0 Å². The molecule has 0 aromatic heterocycles. The Labute approximate surface area is 283 Å². The van der Waals surface area contributed by atoms with Crippen LogP contribution in [0.4, 0.5) is 34.1 Å². The fourth-order valence-electron chi connectivity index (χ4n) is 7.70. The molecule has 230 valence electrons. The zero-order valence-electron chi connectivity index (χ0n) is 26.0. The normalized spacial score (nSPS) is 13.8. The van der Waals surface area contributed by atoms with Crippen LogP contribution >= 0.6 is 0 Å². The first-order chi connectivity index (χ1) is 24.3. The maximum absolute atomic E-state index is 7.03. The number of rotatable bonds is 2. The fourth-order valence-corrected chi connectivity index (χ4v) is 7.70. The van der Waals surface area contributed by atoms with Crippen molar-refractivity contribution in [1.29, 1.82) is 0 Å². The first kappa shape index (κ1) is 26.5. The number of hydrogen-bond acceptors (Lipinski definition) is 6. The summed E-state index contributed by atoms with van der Waals surface area (Å²) in [6.45, 7) is -0.128. The Morgan fingerprint density at radius 1 is 0.327 bits per heavy atom. The Balaban J connectivity index is 1.28. The third-order valence-corrected chi connectivity index (χ3v) is 9.75. The molecule has 0 amide bonds. The van der Waals surface area contributed by atoms with E-state index in [0.29, 0.717) is 0 Å². The zero-order chi connectivity index (χ0) is 32.1. The maximum atomic E-state index is 7.03. The molecule has 0 unspecified atom stereocenters. The fraction of sp³-hybridized carbons (Fsp3) is 0. The number of nitrogens with zero attached hydrogens (tertiary/aromatic N) is 2. The summed E-state index contributed by atoms with van der Waals surface area (Å²) in [5, 5.41) is 0. The van der Waals surface area contributed by atoms with Crippen LogP contribution in [0.3, 0.4) is 0 Å². The molecule has 7 aromatic carbocycles. The largest absolute Gasteiger partial charge is 0.456 e. The van der Waals surface area contributed by atoms with Gasteiger partial charge in [0.1, 0.15) is 11.5 Å². The van der Waals surface area contributed by atoms with Crippen LogP contribution in [0.15, 0.2) is 152 Å². The van der Waals surface area contributed by atoms with E-state index < -0.39 is 0 Å². The molecule has 0 fully saturated rings. The lowest BCUT2D eigenvalue weighted by Crippen LogP contribution is -2.57. The standard InChI is InChI=1S/C42H25BN2O4/c1-7-19-34-26(13-1)43-27-14-2-8-20-35(27)49-42-33(45-30-17-5-11-23-38(30)47-39-24-12-6-18-31(39)45)25-32(41(48-34)40(42)43)44-28-15-3-9-21-36(28)46-37-22-10-4-16-29(37)44/h1-25H. The third kappa shape index (κ3) is 3.72. The highest BCUT2D eigenvalue weighted by atomic mass is 16.5. The lowest BCUT2D eigenvalue weighted by molar-refractivity contribution is 0.461. The molecule has 0 saturated carbocycles. The highest BCUT2D eigenvalue weighted by molar-refractivity contribution is 6.98. The molecule has 4 heterocycles. The van der Waals surface area contributed by atoms with Crippen LogP contribution in [-0.4, -0.2) is 6.71 Å². The summed E-state index contributed by atoms with van der Waals surface area (Å²) in [6, 6.07) is 51.5. The van der Waals surface area contributed by atoms with E-state index in [-0.39, 0.29) is 6.71 Å². The Hall–Kier alpha value is -6.60. The van der Waals surface area contributed by atoms with E-state index in [0.717, 1.165) is 96.5 Å². The molecule has 7 heteroatoms. The van der Waals surface area contributed by atoms with Crippen molar-refractivity contribution in [2.24, 2.45) is 0 Å². The molecule has 4 aliphatic rings. The molecule has 7 aromatic rings. The topological polar surface area (TPSA) is 43.4 Å². The molecule has 0 saturated heterocycles. The molecule has 11 rings (SSSR count). The third-order valence-electron chi connectivity index (χ3n) is 9.75. The smallest absolute Gasteiger partial charge is 0.260 e. The van der Waals surface area contributed by atoms with Crippen molar-refractivity contribution in [2.45, 2.75) is 0 Å². The molecule has 0 atom stereocenters. The summed E-state index contributed by atoms with van der Waals surface area (Å²) in [6.07, 6.45) is 0. The van der Waals surface area contributed by atoms with Crippen LogP contribution in [0, 0.1) is 0 Å². The highest BCUT2D eigenvalue weighted by Crippen LogP contribution is 2.58. The summed E-state index contributed by atoms with van der Waals surface area (Å²) < 4.78 is 27.0. The minimum atomic E-state index is -0.128. The summed E-state index contributed by atoms with van der Waals surface area (Å²) in [7, 11) is 0. The average Bonchev–Trinajstić information content (AvgIpc) is 3.16. The first-order valence-electron chi connectivity index (χ1n) is 16.4. The Kier molecular flexibility index (Phi) is 5.38. The first-order valence-corrected chi connectivity index (χ1v) is 16.4. The van der Waals surface area contributed by atoms with Crippen LogP contribution in [0.2, 0.25) is 0 Å². The Morgan fingerprint density at radius 3 is 1.04 bits per heavy atom. The lowest BCUT2D eigenvalue weighted by Gasteiger charge is -2.41. The predicted octanol–water partition coefficient (Wildman–Crippen LogP) is 9.57. The second-order valence-corrected chi connectivity index (χ2v) is 12.4. The molecular weight excluding hydrogens is 607 g/mol. The SMILES string of the molecule is c1ccc2c(c1)Oc1c(N3c4ccccc4Oc4ccccc43)cc(N3c4ccccc4Oc4ccccc43)c3c1B2c1ccccc1O3. The predicted molar refractivity (Wildman–Crippen MR) is 194 cm³/mol. The number of benzene rings is 7. The number of para-hydroxylation sites is 10. The van der Waals surface area contributed by atoms with Gasteiger partial charge in [-0.2, -0.15) is 0 Å². The van der Waals surface area contributed by atoms with Gasteiger partial charge in [0.25, 0.3) is 6.71 Å². The van der Waals surface area contributed by atoms with Crippen LogP contribution in [0.5, 0.6) is 46.0 Å². The van der Waals surface area contributed by atoms with Crippen LogP contribution < -0.4 is 45.1 Å². The Bertz CT molecular complexity index is 2260. The minimum Gasteiger partial charge on any atom is -0.456 e. The summed E-state index contributed by atoms with van der Waals surface area (Å²) in [5.74, 6) is 6.22. The molecule has 0 N–H and O–H groups in total. The van der Waals surface area contributed by atoms with E-state index in [9.17, 15) is 0 Å². The van der Waals surface area contributed by atoms with E-state index in [1.54, 1.807) is 0 Å². The molecule has 6 nitrogen and oxygen atoms in total. The van der Waals surface area contributed by atoms with E-state index in [1.165, 1.54) is 0 Å². The lowest BCUT2D eigenvalue weighted by atomic mass is 9.34. The molecule has 0 spiro atoms. The average molecular weight is 632 g/mol. The number of fused-ring (bicyclic) bond motifs is 8. The van der Waals surface area contributed by atoms with Gasteiger partial charge >= 0.3 is 0 Å². The molecule has 0 bridgehead atoms. The number of anilines is 6.